The summed E-state index contributed by atoms with van der Waals surface area (Å²) >= 11 is 0. The Morgan fingerprint density at radius 2 is 1.82 bits per heavy atom. The first kappa shape index (κ1) is 19.3. The van der Waals surface area contributed by atoms with Crippen LogP contribution >= 0.6 is 0 Å². The Labute approximate surface area is 161 Å². The van der Waals surface area contributed by atoms with Crippen LogP contribution in [0.15, 0.2) is 39.4 Å². The van der Waals surface area contributed by atoms with Gasteiger partial charge in [0.1, 0.15) is 5.76 Å². The Kier molecular flexibility index (Phi) is 6.15. The Bertz CT molecular complexity index is 893. The first-order chi connectivity index (χ1) is 13.6. The van der Waals surface area contributed by atoms with E-state index in [1.54, 1.807) is 30.5 Å². The zero-order chi connectivity index (χ0) is 19.9. The third-order valence-electron chi connectivity index (χ3n) is 3.89. The second-order valence-corrected chi connectivity index (χ2v) is 5.66. The van der Waals surface area contributed by atoms with E-state index in [4.69, 9.17) is 27.8 Å². The van der Waals surface area contributed by atoms with E-state index in [9.17, 15) is 4.79 Å². The highest BCUT2D eigenvalue weighted by atomic mass is 16.5. The van der Waals surface area contributed by atoms with Gasteiger partial charge in [0.25, 0.3) is 5.89 Å². The molecule has 0 fully saturated rings. The van der Waals surface area contributed by atoms with E-state index in [0.29, 0.717) is 29.2 Å². The molecule has 0 N–H and O–H groups in total. The minimum Gasteiger partial charge on any atom is -0.493 e. The van der Waals surface area contributed by atoms with Gasteiger partial charge in [-0.3, -0.25) is 4.79 Å². The number of rotatable bonds is 9. The maximum atomic E-state index is 11.8. The fourth-order valence-corrected chi connectivity index (χ4v) is 2.53. The summed E-state index contributed by atoms with van der Waals surface area (Å²) in [6, 6.07) is 6.95. The standard InChI is InChI=1S/C19H20N2O7/c1-23-14-9-12(10-15(24-2)18(14)25-3)19-21-20-16(28-19)11-27-17(22)7-6-13-5-4-8-26-13/h4-5,8-10H,6-7,11H2,1-3H3. The highest BCUT2D eigenvalue weighted by Crippen LogP contribution is 2.40. The van der Waals surface area contributed by atoms with Gasteiger partial charge in [-0.2, -0.15) is 0 Å². The van der Waals surface area contributed by atoms with Crippen LogP contribution in [0, 0.1) is 0 Å². The highest BCUT2D eigenvalue weighted by molar-refractivity contribution is 5.69. The van der Waals surface area contributed by atoms with Crippen LogP contribution in [-0.2, 0) is 22.6 Å². The molecular formula is C19H20N2O7. The summed E-state index contributed by atoms with van der Waals surface area (Å²) in [6.07, 6.45) is 2.22. The van der Waals surface area contributed by atoms with Gasteiger partial charge in [0.15, 0.2) is 18.1 Å². The summed E-state index contributed by atoms with van der Waals surface area (Å²) < 4.78 is 31.8. The number of carbonyl (C=O) groups excluding carboxylic acids is 1. The van der Waals surface area contributed by atoms with Gasteiger partial charge in [0, 0.05) is 12.0 Å². The molecule has 0 radical (unpaired) electrons. The SMILES string of the molecule is COc1cc(-c2nnc(COC(=O)CCc3ccco3)o2)cc(OC)c1OC. The molecule has 28 heavy (non-hydrogen) atoms. The third-order valence-corrected chi connectivity index (χ3v) is 3.89. The van der Waals surface area contributed by atoms with Crippen molar-refractivity contribution < 1.29 is 32.6 Å². The van der Waals surface area contributed by atoms with Gasteiger partial charge >= 0.3 is 5.97 Å². The third kappa shape index (κ3) is 4.43. The summed E-state index contributed by atoms with van der Waals surface area (Å²) in [5.41, 5.74) is 0.581. The number of carbonyl (C=O) groups is 1. The lowest BCUT2D eigenvalue weighted by molar-refractivity contribution is -0.145. The predicted molar refractivity (Wildman–Crippen MR) is 96.2 cm³/mol. The van der Waals surface area contributed by atoms with Gasteiger partial charge in [-0.1, -0.05) is 0 Å². The van der Waals surface area contributed by atoms with Crippen LogP contribution in [0.3, 0.4) is 0 Å². The number of benzene rings is 1. The van der Waals surface area contributed by atoms with Crippen molar-refractivity contribution in [3.8, 4) is 28.7 Å². The van der Waals surface area contributed by atoms with Crippen LogP contribution in [0.25, 0.3) is 11.5 Å². The van der Waals surface area contributed by atoms with Crippen molar-refractivity contribution in [3.63, 3.8) is 0 Å². The molecular weight excluding hydrogens is 368 g/mol. The molecule has 2 heterocycles. The molecule has 2 aromatic heterocycles. The Balaban J connectivity index is 1.64. The zero-order valence-corrected chi connectivity index (χ0v) is 15.8. The van der Waals surface area contributed by atoms with Crippen LogP contribution < -0.4 is 14.2 Å². The normalized spacial score (nSPS) is 10.5. The number of aryl methyl sites for hydroxylation is 1. The molecule has 1 aromatic carbocycles. The van der Waals surface area contributed by atoms with Crippen LogP contribution in [0.2, 0.25) is 0 Å². The minimum absolute atomic E-state index is 0.117. The molecule has 3 aromatic rings. The molecule has 148 valence electrons. The lowest BCUT2D eigenvalue weighted by atomic mass is 10.2. The van der Waals surface area contributed by atoms with E-state index in [1.807, 2.05) is 0 Å². The molecule has 0 unspecified atom stereocenters. The maximum absolute atomic E-state index is 11.8. The highest BCUT2D eigenvalue weighted by Gasteiger charge is 2.18. The molecule has 3 rings (SSSR count). The molecule has 0 spiro atoms. The Hall–Kier alpha value is -3.49. The smallest absolute Gasteiger partial charge is 0.306 e. The Morgan fingerprint density at radius 1 is 1.07 bits per heavy atom. The molecule has 9 nitrogen and oxygen atoms in total. The number of methoxy groups -OCH3 is 3. The number of aromatic nitrogens is 2. The van der Waals surface area contributed by atoms with Gasteiger partial charge in [-0.05, 0) is 24.3 Å². The maximum Gasteiger partial charge on any atom is 0.306 e. The number of hydrogen-bond acceptors (Lipinski definition) is 9. The molecule has 0 aliphatic carbocycles. The van der Waals surface area contributed by atoms with E-state index in [2.05, 4.69) is 10.2 Å². The molecule has 0 atom stereocenters. The largest absolute Gasteiger partial charge is 0.493 e. The van der Waals surface area contributed by atoms with Gasteiger partial charge < -0.3 is 27.8 Å². The molecule has 9 heteroatoms. The molecule has 0 saturated carbocycles. The zero-order valence-electron chi connectivity index (χ0n) is 15.8. The van der Waals surface area contributed by atoms with Gasteiger partial charge in [0.2, 0.25) is 11.6 Å². The lowest BCUT2D eigenvalue weighted by Gasteiger charge is -2.12. The Morgan fingerprint density at radius 3 is 2.43 bits per heavy atom. The number of nitrogens with zero attached hydrogens (tertiary/aromatic N) is 2. The van der Waals surface area contributed by atoms with Crippen LogP contribution in [0.4, 0.5) is 0 Å². The molecule has 0 aliphatic heterocycles. The first-order valence-corrected chi connectivity index (χ1v) is 8.45. The summed E-state index contributed by atoms with van der Waals surface area (Å²) in [5, 5.41) is 7.89. The monoisotopic (exact) mass is 388 g/mol. The number of furan rings is 1. The van der Waals surface area contributed by atoms with E-state index in [1.165, 1.54) is 21.3 Å². The van der Waals surface area contributed by atoms with Gasteiger partial charge in [-0.15, -0.1) is 10.2 Å². The van der Waals surface area contributed by atoms with Crippen molar-refractivity contribution in [1.82, 2.24) is 10.2 Å². The topological polar surface area (TPSA) is 106 Å². The van der Waals surface area contributed by atoms with Gasteiger partial charge in [-0.25, -0.2) is 0 Å². The number of hydrogen-bond donors (Lipinski definition) is 0. The molecule has 0 aliphatic rings. The van der Waals surface area contributed by atoms with Crippen LogP contribution in [0.1, 0.15) is 18.1 Å². The minimum atomic E-state index is -0.385. The van der Waals surface area contributed by atoms with Crippen LogP contribution in [0.5, 0.6) is 17.2 Å². The first-order valence-electron chi connectivity index (χ1n) is 8.45. The van der Waals surface area contributed by atoms with E-state index in [0.717, 1.165) is 5.76 Å². The predicted octanol–water partition coefficient (Wildman–Crippen LogP) is 3.03. The van der Waals surface area contributed by atoms with Crippen molar-refractivity contribution in [2.45, 2.75) is 19.4 Å². The summed E-state index contributed by atoms with van der Waals surface area (Å²) in [6.45, 7) is -0.117. The molecule has 0 bridgehead atoms. The van der Waals surface area contributed by atoms with Crippen molar-refractivity contribution in [3.05, 3.63) is 42.2 Å². The second kappa shape index (κ2) is 8.94. The number of ether oxygens (including phenoxy) is 4. The number of esters is 1. The fraction of sp³-hybridized carbons (Fsp3) is 0.316. The van der Waals surface area contributed by atoms with Crippen molar-refractivity contribution in [2.24, 2.45) is 0 Å². The van der Waals surface area contributed by atoms with Crippen LogP contribution in [-0.4, -0.2) is 37.5 Å². The van der Waals surface area contributed by atoms with Crippen molar-refractivity contribution in [2.75, 3.05) is 21.3 Å². The van der Waals surface area contributed by atoms with E-state index < -0.39 is 0 Å². The molecule has 0 amide bonds. The summed E-state index contributed by atoms with van der Waals surface area (Å²) in [5.74, 6) is 2.13. The summed E-state index contributed by atoms with van der Waals surface area (Å²) in [4.78, 5) is 11.8. The average Bonchev–Trinajstić information content (AvgIpc) is 3.41. The molecule has 0 saturated heterocycles. The summed E-state index contributed by atoms with van der Waals surface area (Å²) in [7, 11) is 4.55. The van der Waals surface area contributed by atoms with E-state index >= 15 is 0 Å². The van der Waals surface area contributed by atoms with Crippen molar-refractivity contribution >= 4 is 5.97 Å². The fourth-order valence-electron chi connectivity index (χ4n) is 2.53. The second-order valence-electron chi connectivity index (χ2n) is 5.66. The van der Waals surface area contributed by atoms with E-state index in [-0.39, 0.29) is 30.8 Å². The lowest BCUT2D eigenvalue weighted by Crippen LogP contribution is -2.05. The quantitative estimate of drug-likeness (QED) is 0.511. The van der Waals surface area contributed by atoms with Gasteiger partial charge in [0.05, 0.1) is 34.0 Å². The average molecular weight is 388 g/mol. The van der Waals surface area contributed by atoms with Crippen molar-refractivity contribution in [1.29, 1.82) is 0 Å².